The minimum absolute atomic E-state index is 0.126. The van der Waals surface area contributed by atoms with Crippen LogP contribution in [0.15, 0.2) is 48.5 Å². The van der Waals surface area contributed by atoms with Gasteiger partial charge in [-0.3, -0.25) is 4.90 Å². The van der Waals surface area contributed by atoms with Crippen molar-refractivity contribution in [2.75, 3.05) is 39.0 Å². The van der Waals surface area contributed by atoms with Crippen molar-refractivity contribution in [2.24, 2.45) is 5.92 Å². The van der Waals surface area contributed by atoms with E-state index < -0.39 is 0 Å². The van der Waals surface area contributed by atoms with Crippen molar-refractivity contribution in [1.82, 2.24) is 15.1 Å². The van der Waals surface area contributed by atoms with Crippen LogP contribution in [0.2, 0.25) is 0 Å². The first-order valence-corrected chi connectivity index (χ1v) is 9.96. The molecule has 0 spiro atoms. The van der Waals surface area contributed by atoms with E-state index in [-0.39, 0.29) is 12.1 Å². The summed E-state index contributed by atoms with van der Waals surface area (Å²) in [6, 6.07) is 16.5. The Morgan fingerprint density at radius 3 is 2.50 bits per heavy atom. The van der Waals surface area contributed by atoms with E-state index in [0.29, 0.717) is 5.92 Å². The number of urea groups is 1. The van der Waals surface area contributed by atoms with Crippen LogP contribution in [0.1, 0.15) is 16.7 Å². The number of aryl methyl sites for hydroxylation is 2. The third-order valence-corrected chi connectivity index (χ3v) is 5.45. The molecule has 1 heterocycles. The van der Waals surface area contributed by atoms with Crippen LogP contribution in [-0.2, 0) is 6.54 Å². The molecular formula is C23H32N4O. The standard InChI is InChI=1S/C23H32N4O/c1-17-10-11-21(12-18(17)2)24-23(28)25-22-16-27(15-20(22)14-26(3)4)13-19-8-6-5-7-9-19/h5-12,20,22H,13-16H2,1-4H3,(H2,24,25,28)/t20-,22-/m1/s1. The molecule has 0 unspecified atom stereocenters. The van der Waals surface area contributed by atoms with E-state index in [1.165, 1.54) is 16.7 Å². The van der Waals surface area contributed by atoms with Crippen molar-refractivity contribution in [3.63, 3.8) is 0 Å². The second-order valence-electron chi connectivity index (χ2n) is 8.21. The van der Waals surface area contributed by atoms with Gasteiger partial charge in [0, 0.05) is 43.8 Å². The number of anilines is 1. The van der Waals surface area contributed by atoms with Crippen LogP contribution in [0.3, 0.4) is 0 Å². The first-order chi connectivity index (χ1) is 13.4. The van der Waals surface area contributed by atoms with Crippen molar-refractivity contribution in [3.8, 4) is 0 Å². The lowest BCUT2D eigenvalue weighted by Crippen LogP contribution is -2.45. The Hall–Kier alpha value is -2.37. The smallest absolute Gasteiger partial charge is 0.319 e. The first-order valence-electron chi connectivity index (χ1n) is 9.96. The fourth-order valence-corrected chi connectivity index (χ4v) is 3.90. The number of nitrogens with zero attached hydrogens (tertiary/aromatic N) is 2. The van der Waals surface area contributed by atoms with E-state index in [1.54, 1.807) is 0 Å². The zero-order chi connectivity index (χ0) is 20.1. The average molecular weight is 381 g/mol. The highest BCUT2D eigenvalue weighted by molar-refractivity contribution is 5.89. The summed E-state index contributed by atoms with van der Waals surface area (Å²) in [4.78, 5) is 17.2. The summed E-state index contributed by atoms with van der Waals surface area (Å²) in [7, 11) is 4.18. The summed E-state index contributed by atoms with van der Waals surface area (Å²) in [6.07, 6.45) is 0. The minimum atomic E-state index is -0.126. The third-order valence-electron chi connectivity index (χ3n) is 5.45. The second kappa shape index (κ2) is 9.22. The molecule has 1 saturated heterocycles. The molecule has 1 fully saturated rings. The van der Waals surface area contributed by atoms with E-state index in [1.807, 2.05) is 24.3 Å². The quantitative estimate of drug-likeness (QED) is 0.807. The molecule has 0 bridgehead atoms. The summed E-state index contributed by atoms with van der Waals surface area (Å²) in [6.45, 7) is 7.87. The Morgan fingerprint density at radius 2 is 1.82 bits per heavy atom. The predicted molar refractivity (Wildman–Crippen MR) is 116 cm³/mol. The summed E-state index contributed by atoms with van der Waals surface area (Å²) >= 11 is 0. The Balaban J connectivity index is 1.62. The lowest BCUT2D eigenvalue weighted by molar-refractivity contribution is 0.241. The van der Waals surface area contributed by atoms with Crippen LogP contribution < -0.4 is 10.6 Å². The molecule has 0 radical (unpaired) electrons. The van der Waals surface area contributed by atoms with Gasteiger partial charge in [-0.15, -0.1) is 0 Å². The SMILES string of the molecule is Cc1ccc(NC(=O)N[C@@H]2CN(Cc3ccccc3)C[C@H]2CN(C)C)cc1C. The van der Waals surface area contributed by atoms with E-state index in [2.05, 4.69) is 72.6 Å². The number of rotatable bonds is 6. The number of nitrogens with one attached hydrogen (secondary N) is 2. The van der Waals surface area contributed by atoms with Gasteiger partial charge in [0.05, 0.1) is 0 Å². The predicted octanol–water partition coefficient (Wildman–Crippen LogP) is 3.49. The number of benzene rings is 2. The van der Waals surface area contributed by atoms with Crippen molar-refractivity contribution < 1.29 is 4.79 Å². The monoisotopic (exact) mass is 380 g/mol. The maximum atomic E-state index is 12.6. The normalized spacial score (nSPS) is 19.8. The molecule has 2 atom stereocenters. The minimum Gasteiger partial charge on any atom is -0.333 e. The van der Waals surface area contributed by atoms with E-state index in [4.69, 9.17) is 0 Å². The van der Waals surface area contributed by atoms with Gasteiger partial charge >= 0.3 is 6.03 Å². The van der Waals surface area contributed by atoms with Crippen LogP contribution in [0.5, 0.6) is 0 Å². The van der Waals surface area contributed by atoms with Crippen LogP contribution in [0, 0.1) is 19.8 Å². The van der Waals surface area contributed by atoms with Gasteiger partial charge in [-0.1, -0.05) is 36.4 Å². The summed E-state index contributed by atoms with van der Waals surface area (Å²) < 4.78 is 0. The Bertz CT molecular complexity index is 790. The zero-order valence-corrected chi connectivity index (χ0v) is 17.4. The number of hydrogen-bond acceptors (Lipinski definition) is 3. The molecule has 2 aromatic rings. The molecule has 28 heavy (non-hydrogen) atoms. The van der Waals surface area contributed by atoms with Gasteiger partial charge in [-0.05, 0) is 56.8 Å². The number of carbonyl (C=O) groups excluding carboxylic acids is 1. The van der Waals surface area contributed by atoms with E-state index in [0.717, 1.165) is 31.9 Å². The molecule has 0 aliphatic carbocycles. The molecule has 1 aliphatic heterocycles. The Morgan fingerprint density at radius 1 is 1.07 bits per heavy atom. The average Bonchev–Trinajstić information content (AvgIpc) is 2.99. The van der Waals surface area contributed by atoms with Crippen LogP contribution in [-0.4, -0.2) is 55.6 Å². The summed E-state index contributed by atoms with van der Waals surface area (Å²) in [5, 5.41) is 6.21. The molecule has 1 aliphatic rings. The topological polar surface area (TPSA) is 47.6 Å². The van der Waals surface area contributed by atoms with Gasteiger partial charge in [-0.25, -0.2) is 4.79 Å². The largest absolute Gasteiger partial charge is 0.333 e. The van der Waals surface area contributed by atoms with Crippen molar-refractivity contribution >= 4 is 11.7 Å². The molecule has 0 saturated carbocycles. The summed E-state index contributed by atoms with van der Waals surface area (Å²) in [5.74, 6) is 0.407. The number of amides is 2. The zero-order valence-electron chi connectivity index (χ0n) is 17.4. The number of carbonyl (C=O) groups is 1. The fourth-order valence-electron chi connectivity index (χ4n) is 3.90. The Kier molecular flexibility index (Phi) is 6.70. The molecule has 3 rings (SSSR count). The Labute approximate surface area is 168 Å². The van der Waals surface area contributed by atoms with Gasteiger partial charge in [0.15, 0.2) is 0 Å². The van der Waals surface area contributed by atoms with Crippen LogP contribution in [0.25, 0.3) is 0 Å². The molecule has 150 valence electrons. The van der Waals surface area contributed by atoms with Crippen molar-refractivity contribution in [3.05, 3.63) is 65.2 Å². The molecule has 2 N–H and O–H groups in total. The molecule has 2 aromatic carbocycles. The van der Waals surface area contributed by atoms with Gasteiger partial charge in [-0.2, -0.15) is 0 Å². The van der Waals surface area contributed by atoms with Crippen molar-refractivity contribution in [2.45, 2.75) is 26.4 Å². The van der Waals surface area contributed by atoms with Gasteiger partial charge < -0.3 is 15.5 Å². The maximum Gasteiger partial charge on any atom is 0.319 e. The number of likely N-dealkylation sites (tertiary alicyclic amines) is 1. The van der Waals surface area contributed by atoms with E-state index >= 15 is 0 Å². The van der Waals surface area contributed by atoms with Gasteiger partial charge in [0.2, 0.25) is 0 Å². The highest BCUT2D eigenvalue weighted by Gasteiger charge is 2.34. The molecule has 2 amide bonds. The van der Waals surface area contributed by atoms with E-state index in [9.17, 15) is 4.79 Å². The van der Waals surface area contributed by atoms with Crippen LogP contribution in [0.4, 0.5) is 10.5 Å². The molecule has 5 nitrogen and oxygen atoms in total. The molecular weight excluding hydrogens is 348 g/mol. The highest BCUT2D eigenvalue weighted by atomic mass is 16.2. The van der Waals surface area contributed by atoms with Gasteiger partial charge in [0.1, 0.15) is 0 Å². The summed E-state index contributed by atoms with van der Waals surface area (Å²) in [5.41, 5.74) is 4.55. The molecule has 0 aromatic heterocycles. The first kappa shape index (κ1) is 20.4. The third kappa shape index (κ3) is 5.57. The van der Waals surface area contributed by atoms with Crippen LogP contribution >= 0.6 is 0 Å². The van der Waals surface area contributed by atoms with Crippen molar-refractivity contribution in [1.29, 1.82) is 0 Å². The fraction of sp³-hybridized carbons (Fsp3) is 0.435. The highest BCUT2D eigenvalue weighted by Crippen LogP contribution is 2.21. The molecule has 5 heteroatoms. The maximum absolute atomic E-state index is 12.6. The lowest BCUT2D eigenvalue weighted by atomic mass is 10.0. The second-order valence-corrected chi connectivity index (χ2v) is 8.21. The van der Waals surface area contributed by atoms with Gasteiger partial charge in [0.25, 0.3) is 0 Å². The number of hydrogen-bond donors (Lipinski definition) is 2. The lowest BCUT2D eigenvalue weighted by Gasteiger charge is -2.23.